The van der Waals surface area contributed by atoms with E-state index < -0.39 is 5.82 Å². The van der Waals surface area contributed by atoms with Crippen molar-refractivity contribution in [2.24, 2.45) is 0 Å². The molecule has 20 heavy (non-hydrogen) atoms. The number of nitrogens with zero attached hydrogens (tertiary/aromatic N) is 2. The molecule has 0 aliphatic carbocycles. The van der Waals surface area contributed by atoms with Gasteiger partial charge in [-0.05, 0) is 24.3 Å². The highest BCUT2D eigenvalue weighted by atomic mass is 19.1. The summed E-state index contributed by atoms with van der Waals surface area (Å²) < 4.78 is 15.4. The van der Waals surface area contributed by atoms with Crippen molar-refractivity contribution in [1.82, 2.24) is 4.57 Å². The first-order chi connectivity index (χ1) is 9.72. The molecule has 0 atom stereocenters. The Morgan fingerprint density at radius 1 is 1.05 bits per heavy atom. The number of pyridine rings is 1. The molecule has 3 aromatic rings. The van der Waals surface area contributed by atoms with E-state index in [-0.39, 0.29) is 11.0 Å². The molecule has 0 radical (unpaired) electrons. The number of rotatable bonds is 1. The summed E-state index contributed by atoms with van der Waals surface area (Å²) in [5.41, 5.74) is 0.916. The van der Waals surface area contributed by atoms with Crippen molar-refractivity contribution in [2.75, 3.05) is 0 Å². The minimum Gasteiger partial charge on any atom is -0.315 e. The fraction of sp³-hybridized carbons (Fsp3) is 0. The predicted molar refractivity (Wildman–Crippen MR) is 74.2 cm³/mol. The van der Waals surface area contributed by atoms with Crippen LogP contribution in [0.3, 0.4) is 0 Å². The maximum atomic E-state index is 13.7. The maximum absolute atomic E-state index is 13.7. The molecule has 0 fully saturated rings. The van der Waals surface area contributed by atoms with Gasteiger partial charge in [-0.1, -0.05) is 18.2 Å². The van der Waals surface area contributed by atoms with Crippen molar-refractivity contribution in [3.05, 3.63) is 76.3 Å². The summed E-state index contributed by atoms with van der Waals surface area (Å²) in [7, 11) is 0. The average Bonchev–Trinajstić information content (AvgIpc) is 2.48. The van der Waals surface area contributed by atoms with Crippen molar-refractivity contribution >= 4 is 10.9 Å². The first-order valence-electron chi connectivity index (χ1n) is 6.02. The van der Waals surface area contributed by atoms with E-state index >= 15 is 0 Å². The molecule has 0 N–H and O–H groups in total. The van der Waals surface area contributed by atoms with Crippen LogP contribution in [0.2, 0.25) is 0 Å². The molecule has 3 rings (SSSR count). The zero-order valence-corrected chi connectivity index (χ0v) is 10.4. The van der Waals surface area contributed by atoms with Gasteiger partial charge in [-0.25, -0.2) is 4.39 Å². The molecule has 0 aliphatic heterocycles. The number of para-hydroxylation sites is 1. The number of fused-ring (bicyclic) bond motifs is 1. The second-order valence-electron chi connectivity index (χ2n) is 4.31. The largest absolute Gasteiger partial charge is 0.315 e. The van der Waals surface area contributed by atoms with E-state index in [4.69, 9.17) is 5.26 Å². The molecule has 96 valence electrons. The number of hydrogen-bond donors (Lipinski definition) is 0. The van der Waals surface area contributed by atoms with E-state index in [9.17, 15) is 9.18 Å². The van der Waals surface area contributed by atoms with Crippen LogP contribution in [0.1, 0.15) is 5.56 Å². The standard InChI is InChI=1S/C16H9FN2O/c17-13-5-3-7-15(12(13)10-18)19-9-8-16(20)11-4-1-2-6-14(11)19/h1-9H. The molecule has 1 aromatic heterocycles. The molecule has 2 aromatic carbocycles. The quantitative estimate of drug-likeness (QED) is 0.678. The second-order valence-corrected chi connectivity index (χ2v) is 4.31. The predicted octanol–water partition coefficient (Wildman–Crippen LogP) is 3.00. The van der Waals surface area contributed by atoms with Crippen molar-refractivity contribution in [2.45, 2.75) is 0 Å². The van der Waals surface area contributed by atoms with E-state index in [0.717, 1.165) is 0 Å². The first-order valence-corrected chi connectivity index (χ1v) is 6.02. The van der Waals surface area contributed by atoms with Crippen LogP contribution in [0, 0.1) is 17.1 Å². The highest BCUT2D eigenvalue weighted by molar-refractivity contribution is 5.80. The summed E-state index contributed by atoms with van der Waals surface area (Å²) in [6.45, 7) is 0. The van der Waals surface area contributed by atoms with E-state index in [1.807, 2.05) is 6.07 Å². The summed E-state index contributed by atoms with van der Waals surface area (Å²) in [4.78, 5) is 11.8. The Kier molecular flexibility index (Phi) is 2.81. The molecule has 0 bridgehead atoms. The van der Waals surface area contributed by atoms with Crippen LogP contribution in [0.5, 0.6) is 0 Å². The van der Waals surface area contributed by atoms with Gasteiger partial charge in [0.15, 0.2) is 5.43 Å². The molecule has 1 heterocycles. The van der Waals surface area contributed by atoms with Crippen LogP contribution in [-0.4, -0.2) is 4.57 Å². The van der Waals surface area contributed by atoms with Crippen molar-refractivity contribution < 1.29 is 4.39 Å². The monoisotopic (exact) mass is 264 g/mol. The Hall–Kier alpha value is -2.93. The highest BCUT2D eigenvalue weighted by Crippen LogP contribution is 2.21. The van der Waals surface area contributed by atoms with Gasteiger partial charge in [0.1, 0.15) is 17.4 Å². The minimum atomic E-state index is -0.576. The van der Waals surface area contributed by atoms with Crippen molar-refractivity contribution in [1.29, 1.82) is 5.26 Å². The van der Waals surface area contributed by atoms with Gasteiger partial charge >= 0.3 is 0 Å². The molecule has 0 amide bonds. The third-order valence-electron chi connectivity index (χ3n) is 3.17. The van der Waals surface area contributed by atoms with Crippen molar-refractivity contribution in [3.63, 3.8) is 0 Å². The zero-order chi connectivity index (χ0) is 14.1. The van der Waals surface area contributed by atoms with Gasteiger partial charge in [0.2, 0.25) is 0 Å². The van der Waals surface area contributed by atoms with Crippen LogP contribution in [0.4, 0.5) is 4.39 Å². The average molecular weight is 264 g/mol. The topological polar surface area (TPSA) is 45.8 Å². The van der Waals surface area contributed by atoms with E-state index in [1.165, 1.54) is 12.1 Å². The third-order valence-corrected chi connectivity index (χ3v) is 3.17. The van der Waals surface area contributed by atoms with Crippen LogP contribution in [0.15, 0.2) is 59.5 Å². The highest BCUT2D eigenvalue weighted by Gasteiger charge is 2.11. The third kappa shape index (κ3) is 1.77. The second kappa shape index (κ2) is 4.63. The Bertz CT molecular complexity index is 906. The molecule has 0 spiro atoms. The number of hydrogen-bond acceptors (Lipinski definition) is 2. The lowest BCUT2D eigenvalue weighted by atomic mass is 10.1. The summed E-state index contributed by atoms with van der Waals surface area (Å²) in [5, 5.41) is 9.65. The first kappa shape index (κ1) is 12.1. The number of nitriles is 1. The van der Waals surface area contributed by atoms with Crippen LogP contribution in [0.25, 0.3) is 16.6 Å². The summed E-state index contributed by atoms with van der Waals surface area (Å²) in [6, 6.07) is 14.8. The Morgan fingerprint density at radius 2 is 1.85 bits per heavy atom. The molecule has 0 saturated heterocycles. The molecule has 0 unspecified atom stereocenters. The van der Waals surface area contributed by atoms with E-state index in [0.29, 0.717) is 16.6 Å². The van der Waals surface area contributed by atoms with Gasteiger partial charge in [-0.2, -0.15) is 5.26 Å². The van der Waals surface area contributed by atoms with E-state index in [2.05, 4.69) is 0 Å². The number of halogens is 1. The van der Waals surface area contributed by atoms with Crippen LogP contribution >= 0.6 is 0 Å². The molecular formula is C16H9FN2O. The van der Waals surface area contributed by atoms with E-state index in [1.54, 1.807) is 47.2 Å². The number of aromatic nitrogens is 1. The summed E-state index contributed by atoms with van der Waals surface area (Å²) >= 11 is 0. The molecule has 0 saturated carbocycles. The zero-order valence-electron chi connectivity index (χ0n) is 10.4. The summed E-state index contributed by atoms with van der Waals surface area (Å²) in [5.74, 6) is -0.576. The lowest BCUT2D eigenvalue weighted by molar-refractivity contribution is 0.622. The molecular weight excluding hydrogens is 255 g/mol. The smallest absolute Gasteiger partial charge is 0.189 e. The van der Waals surface area contributed by atoms with Gasteiger partial charge in [0, 0.05) is 17.6 Å². The SMILES string of the molecule is N#Cc1c(F)cccc1-n1ccc(=O)c2ccccc21. The summed E-state index contributed by atoms with van der Waals surface area (Å²) in [6.07, 6.45) is 1.56. The van der Waals surface area contributed by atoms with Crippen LogP contribution in [-0.2, 0) is 0 Å². The molecule has 4 heteroatoms. The van der Waals surface area contributed by atoms with Crippen LogP contribution < -0.4 is 5.43 Å². The van der Waals surface area contributed by atoms with Gasteiger partial charge in [-0.15, -0.1) is 0 Å². The fourth-order valence-corrected chi connectivity index (χ4v) is 2.24. The normalized spacial score (nSPS) is 10.4. The fourth-order valence-electron chi connectivity index (χ4n) is 2.24. The Morgan fingerprint density at radius 3 is 2.65 bits per heavy atom. The maximum Gasteiger partial charge on any atom is 0.189 e. The lowest BCUT2D eigenvalue weighted by Crippen LogP contribution is -2.08. The van der Waals surface area contributed by atoms with Gasteiger partial charge < -0.3 is 4.57 Å². The lowest BCUT2D eigenvalue weighted by Gasteiger charge is -2.12. The Balaban J connectivity index is 2.43. The van der Waals surface area contributed by atoms with Crippen molar-refractivity contribution in [3.8, 4) is 11.8 Å². The van der Waals surface area contributed by atoms with Gasteiger partial charge in [0.25, 0.3) is 0 Å². The Labute approximate surface area is 114 Å². The molecule has 3 nitrogen and oxygen atoms in total. The minimum absolute atomic E-state index is 0.0405. The van der Waals surface area contributed by atoms with Gasteiger partial charge in [0.05, 0.1) is 11.2 Å². The van der Waals surface area contributed by atoms with Gasteiger partial charge in [-0.3, -0.25) is 4.79 Å². The number of benzene rings is 2. The molecule has 0 aliphatic rings.